The molecule has 9 heteroatoms. The Morgan fingerprint density at radius 3 is 2.62 bits per heavy atom. The van der Waals surface area contributed by atoms with Crippen molar-refractivity contribution in [3.05, 3.63) is 78.0 Å². The third-order valence-corrected chi connectivity index (χ3v) is 5.97. The van der Waals surface area contributed by atoms with Crippen LogP contribution in [0.3, 0.4) is 0 Å². The summed E-state index contributed by atoms with van der Waals surface area (Å²) in [6, 6.07) is 14.1. The Kier molecular flexibility index (Phi) is 5.06. The van der Waals surface area contributed by atoms with Crippen molar-refractivity contribution in [2.24, 2.45) is 5.73 Å². The number of hydrogen-bond donors (Lipinski definition) is 2. The lowest BCUT2D eigenvalue weighted by Gasteiger charge is -2.14. The van der Waals surface area contributed by atoms with E-state index in [-0.39, 0.29) is 12.1 Å². The molecule has 0 bridgehead atoms. The summed E-state index contributed by atoms with van der Waals surface area (Å²) in [5.74, 6) is -1.47. The average Bonchev–Trinajstić information content (AvgIpc) is 3.52. The first-order valence-electron chi connectivity index (χ1n) is 10.6. The third kappa shape index (κ3) is 3.86. The van der Waals surface area contributed by atoms with Gasteiger partial charge in [0.2, 0.25) is 5.91 Å². The number of amides is 2. The molecule has 2 aromatic heterocycles. The first kappa shape index (κ1) is 21.3. The van der Waals surface area contributed by atoms with Crippen molar-refractivity contribution in [1.29, 1.82) is 5.26 Å². The summed E-state index contributed by atoms with van der Waals surface area (Å²) in [4.78, 5) is 28.7. The molecule has 2 heterocycles. The van der Waals surface area contributed by atoms with E-state index in [4.69, 9.17) is 5.73 Å². The fraction of sp³-hybridized carbons (Fsp3) is 0.160. The van der Waals surface area contributed by atoms with Crippen molar-refractivity contribution >= 4 is 28.4 Å². The van der Waals surface area contributed by atoms with Crippen LogP contribution in [0.1, 0.15) is 28.8 Å². The first-order valence-corrected chi connectivity index (χ1v) is 10.6. The zero-order chi connectivity index (χ0) is 23.9. The van der Waals surface area contributed by atoms with E-state index in [9.17, 15) is 19.2 Å². The van der Waals surface area contributed by atoms with E-state index in [0.29, 0.717) is 27.7 Å². The van der Waals surface area contributed by atoms with Gasteiger partial charge in [0, 0.05) is 23.3 Å². The summed E-state index contributed by atoms with van der Waals surface area (Å²) in [7, 11) is 0. The molecule has 0 saturated heterocycles. The number of hydrogen-bond acceptors (Lipinski definition) is 5. The maximum Gasteiger partial charge on any atom is 0.257 e. The van der Waals surface area contributed by atoms with Gasteiger partial charge in [0.05, 0.1) is 34.4 Å². The van der Waals surface area contributed by atoms with E-state index < -0.39 is 23.0 Å². The van der Waals surface area contributed by atoms with E-state index in [2.05, 4.69) is 21.5 Å². The van der Waals surface area contributed by atoms with Gasteiger partial charge in [-0.1, -0.05) is 24.3 Å². The zero-order valence-corrected chi connectivity index (χ0v) is 18.0. The second-order valence-electron chi connectivity index (χ2n) is 8.33. The number of anilines is 1. The molecule has 1 aliphatic carbocycles. The van der Waals surface area contributed by atoms with Gasteiger partial charge in [-0.2, -0.15) is 10.4 Å². The predicted molar refractivity (Wildman–Crippen MR) is 123 cm³/mol. The van der Waals surface area contributed by atoms with Gasteiger partial charge in [-0.15, -0.1) is 0 Å². The van der Waals surface area contributed by atoms with Crippen molar-refractivity contribution in [2.75, 3.05) is 5.32 Å². The molecule has 0 unspecified atom stereocenters. The van der Waals surface area contributed by atoms with Crippen LogP contribution in [-0.2, 0) is 16.8 Å². The molecule has 168 valence electrons. The fourth-order valence-corrected chi connectivity index (χ4v) is 4.07. The van der Waals surface area contributed by atoms with Crippen LogP contribution in [0, 0.1) is 17.1 Å². The number of nitriles is 1. The number of nitrogens with two attached hydrogens (primary N) is 1. The lowest BCUT2D eigenvalue weighted by Crippen LogP contribution is -2.18. The van der Waals surface area contributed by atoms with Gasteiger partial charge in [0.25, 0.3) is 5.91 Å². The highest BCUT2D eigenvalue weighted by Gasteiger charge is 2.44. The molecule has 1 saturated carbocycles. The highest BCUT2D eigenvalue weighted by molar-refractivity contribution is 6.13. The van der Waals surface area contributed by atoms with Crippen LogP contribution in [-0.4, -0.2) is 26.6 Å². The highest BCUT2D eigenvalue weighted by Crippen LogP contribution is 2.48. The molecule has 0 spiro atoms. The number of fused-ring (bicyclic) bond motifs is 1. The average molecular weight is 454 g/mol. The lowest BCUT2D eigenvalue weighted by atomic mass is 9.92. The number of primary amides is 1. The molecular weight excluding hydrogens is 435 g/mol. The summed E-state index contributed by atoms with van der Waals surface area (Å²) in [5, 5.41) is 16.7. The summed E-state index contributed by atoms with van der Waals surface area (Å²) in [6.07, 6.45) is 5.99. The Balaban J connectivity index is 1.56. The molecule has 4 aromatic rings. The molecule has 0 atom stereocenters. The molecule has 1 fully saturated rings. The van der Waals surface area contributed by atoms with Gasteiger partial charge in [-0.3, -0.25) is 19.3 Å². The number of nitrogens with zero attached hydrogens (tertiary/aromatic N) is 4. The van der Waals surface area contributed by atoms with Gasteiger partial charge in [-0.05, 0) is 42.2 Å². The number of carbonyl (C=O) groups is 2. The number of aromatic nitrogens is 3. The number of pyridine rings is 1. The standard InChI is InChI=1S/C25H19FN6O2/c26-17-5-6-21-19(9-17)23(15-1-3-16(4-2-15)25(14-27)7-8-25)20(11-29-21)24(34)31-18-10-30-32(12-18)13-22(28)33/h1-6,9-12H,7-8,13H2,(H2,28,33)(H,31,34). The summed E-state index contributed by atoms with van der Waals surface area (Å²) in [6.45, 7) is -0.117. The lowest BCUT2D eigenvalue weighted by molar-refractivity contribution is -0.118. The number of halogens is 1. The van der Waals surface area contributed by atoms with Crippen molar-refractivity contribution in [3.8, 4) is 17.2 Å². The van der Waals surface area contributed by atoms with Crippen LogP contribution >= 0.6 is 0 Å². The Hall–Kier alpha value is -4.58. The minimum absolute atomic E-state index is 0.117. The number of rotatable bonds is 6. The van der Waals surface area contributed by atoms with E-state index in [0.717, 1.165) is 18.4 Å². The zero-order valence-electron chi connectivity index (χ0n) is 18.0. The maximum atomic E-state index is 14.2. The summed E-state index contributed by atoms with van der Waals surface area (Å²) >= 11 is 0. The largest absolute Gasteiger partial charge is 0.368 e. The van der Waals surface area contributed by atoms with Crippen LogP contribution < -0.4 is 11.1 Å². The van der Waals surface area contributed by atoms with E-state index in [1.165, 1.54) is 35.4 Å². The van der Waals surface area contributed by atoms with Gasteiger partial charge in [-0.25, -0.2) is 4.39 Å². The molecule has 0 radical (unpaired) electrons. The maximum absolute atomic E-state index is 14.2. The molecule has 1 aliphatic rings. The third-order valence-electron chi connectivity index (χ3n) is 5.97. The molecule has 34 heavy (non-hydrogen) atoms. The minimum atomic E-state index is -0.558. The van der Waals surface area contributed by atoms with Gasteiger partial charge < -0.3 is 11.1 Å². The molecule has 5 rings (SSSR count). The monoisotopic (exact) mass is 454 g/mol. The van der Waals surface area contributed by atoms with E-state index in [1.54, 1.807) is 6.07 Å². The van der Waals surface area contributed by atoms with Crippen LogP contribution in [0.5, 0.6) is 0 Å². The SMILES string of the molecule is N#CC1(c2ccc(-c3c(C(=O)Nc4cnn(CC(N)=O)c4)cnc4ccc(F)cc34)cc2)CC1. The van der Waals surface area contributed by atoms with Crippen molar-refractivity contribution in [1.82, 2.24) is 14.8 Å². The van der Waals surface area contributed by atoms with Crippen molar-refractivity contribution in [2.45, 2.75) is 24.8 Å². The van der Waals surface area contributed by atoms with Crippen LogP contribution in [0.15, 0.2) is 61.1 Å². The Bertz CT molecular complexity index is 1480. The van der Waals surface area contributed by atoms with Crippen LogP contribution in [0.4, 0.5) is 10.1 Å². The number of nitrogens with one attached hydrogen (secondary N) is 1. The van der Waals surface area contributed by atoms with Crippen molar-refractivity contribution < 1.29 is 14.0 Å². The van der Waals surface area contributed by atoms with Gasteiger partial charge in [0.15, 0.2) is 0 Å². The van der Waals surface area contributed by atoms with Crippen molar-refractivity contribution in [3.63, 3.8) is 0 Å². The normalized spacial score (nSPS) is 13.9. The van der Waals surface area contributed by atoms with Gasteiger partial charge >= 0.3 is 0 Å². The van der Waals surface area contributed by atoms with Crippen LogP contribution in [0.2, 0.25) is 0 Å². The smallest absolute Gasteiger partial charge is 0.257 e. The molecule has 2 amide bonds. The summed E-state index contributed by atoms with van der Waals surface area (Å²) in [5.41, 5.74) is 8.06. The Labute approximate surface area is 193 Å². The minimum Gasteiger partial charge on any atom is -0.368 e. The second-order valence-corrected chi connectivity index (χ2v) is 8.33. The highest BCUT2D eigenvalue weighted by atomic mass is 19.1. The summed E-state index contributed by atoms with van der Waals surface area (Å²) < 4.78 is 15.5. The quantitative estimate of drug-likeness (QED) is 0.461. The molecule has 2 aromatic carbocycles. The predicted octanol–water partition coefficient (Wildman–Crippen LogP) is 3.53. The van der Waals surface area contributed by atoms with E-state index in [1.807, 2.05) is 24.3 Å². The first-order chi connectivity index (χ1) is 16.4. The molecular formula is C25H19FN6O2. The molecule has 8 nitrogen and oxygen atoms in total. The van der Waals surface area contributed by atoms with E-state index >= 15 is 0 Å². The number of benzene rings is 2. The second kappa shape index (κ2) is 8.08. The molecule has 0 aliphatic heterocycles. The number of carbonyl (C=O) groups excluding carboxylic acids is 2. The van der Waals surface area contributed by atoms with Gasteiger partial charge in [0.1, 0.15) is 12.4 Å². The van der Waals surface area contributed by atoms with Crippen LogP contribution in [0.25, 0.3) is 22.0 Å². The topological polar surface area (TPSA) is 127 Å². The Morgan fingerprint density at radius 2 is 1.94 bits per heavy atom. The molecule has 3 N–H and O–H groups in total. The Morgan fingerprint density at radius 1 is 1.18 bits per heavy atom. The fourth-order valence-electron chi connectivity index (χ4n) is 4.07.